The molecule has 0 atom stereocenters. The maximum atomic E-state index is 6.00. The molecule has 0 aromatic heterocycles. The van der Waals surface area contributed by atoms with Crippen molar-refractivity contribution in [1.82, 2.24) is 0 Å². The maximum Gasteiger partial charge on any atom is 0.160 e. The Morgan fingerprint density at radius 1 is 1.18 bits per heavy atom. The summed E-state index contributed by atoms with van der Waals surface area (Å²) in [6.07, 6.45) is 2.02. The van der Waals surface area contributed by atoms with Gasteiger partial charge in [0.2, 0.25) is 0 Å². The first-order valence-corrected chi connectivity index (χ1v) is 3.96. The smallest absolute Gasteiger partial charge is 0.0916 e. The van der Waals surface area contributed by atoms with Crippen LogP contribution in [-0.4, -0.2) is 4.33 Å². The number of rotatable bonds is 0. The molecule has 0 aromatic rings. The van der Waals surface area contributed by atoms with Gasteiger partial charge in [-0.3, -0.25) is 0 Å². The van der Waals surface area contributed by atoms with E-state index in [1.54, 1.807) is 0 Å². The van der Waals surface area contributed by atoms with Crippen molar-refractivity contribution in [1.29, 1.82) is 0 Å². The zero-order valence-corrected chi connectivity index (χ0v) is 9.91. The van der Waals surface area contributed by atoms with Crippen molar-refractivity contribution in [3.63, 3.8) is 0 Å². The van der Waals surface area contributed by atoms with Crippen LogP contribution in [0.4, 0.5) is 0 Å². The van der Waals surface area contributed by atoms with E-state index in [0.29, 0.717) is 0 Å². The minimum absolute atomic E-state index is 0. The first kappa shape index (κ1) is 11.8. The van der Waals surface area contributed by atoms with E-state index in [-0.39, 0.29) is 21.7 Å². The van der Waals surface area contributed by atoms with Gasteiger partial charge in [-0.25, -0.2) is 0 Å². The van der Waals surface area contributed by atoms with Gasteiger partial charge in [-0.1, -0.05) is 29.3 Å². The van der Waals surface area contributed by atoms with Gasteiger partial charge >= 0.3 is 0 Å². The molecule has 1 rings (SSSR count). The van der Waals surface area contributed by atoms with Crippen molar-refractivity contribution >= 4 is 23.2 Å². The monoisotopic (exact) mass is 224 g/mol. The SMILES string of the molecule is CC1=CC(C)=C(C)C1(Cl)Cl.[Ti]. The van der Waals surface area contributed by atoms with Crippen molar-refractivity contribution in [2.45, 2.75) is 25.1 Å². The molecule has 0 bridgehead atoms. The number of alkyl halides is 2. The molecule has 0 nitrogen and oxygen atoms in total. The van der Waals surface area contributed by atoms with Gasteiger partial charge in [-0.05, 0) is 37.5 Å². The molecule has 0 aliphatic heterocycles. The van der Waals surface area contributed by atoms with Gasteiger partial charge in [0.1, 0.15) is 0 Å². The van der Waals surface area contributed by atoms with Gasteiger partial charge in [-0.2, -0.15) is 0 Å². The molecule has 0 aromatic carbocycles. The van der Waals surface area contributed by atoms with E-state index in [1.165, 1.54) is 5.57 Å². The third-order valence-electron chi connectivity index (χ3n) is 1.99. The average Bonchev–Trinajstić information content (AvgIpc) is 1.97. The Bertz CT molecular complexity index is 226. The van der Waals surface area contributed by atoms with Gasteiger partial charge in [0.25, 0.3) is 0 Å². The third-order valence-corrected chi connectivity index (χ3v) is 3.15. The van der Waals surface area contributed by atoms with Crippen LogP contribution in [0, 0.1) is 0 Å². The summed E-state index contributed by atoms with van der Waals surface area (Å²) in [4.78, 5) is 0. The molecule has 0 fully saturated rings. The Labute approximate surface area is 92.5 Å². The first-order valence-electron chi connectivity index (χ1n) is 3.21. The number of hydrogen-bond donors (Lipinski definition) is 0. The molecule has 0 heterocycles. The molecule has 11 heavy (non-hydrogen) atoms. The van der Waals surface area contributed by atoms with Crippen LogP contribution in [0.3, 0.4) is 0 Å². The van der Waals surface area contributed by atoms with Crippen LogP contribution >= 0.6 is 23.2 Å². The molecule has 0 spiro atoms. The van der Waals surface area contributed by atoms with Gasteiger partial charge in [0.05, 0.1) is 0 Å². The fourth-order valence-electron chi connectivity index (χ4n) is 1.07. The van der Waals surface area contributed by atoms with E-state index in [9.17, 15) is 0 Å². The Morgan fingerprint density at radius 2 is 1.64 bits per heavy atom. The second-order valence-electron chi connectivity index (χ2n) is 2.71. The number of halogens is 2. The van der Waals surface area contributed by atoms with E-state index in [0.717, 1.165) is 11.1 Å². The van der Waals surface area contributed by atoms with Crippen LogP contribution in [0.25, 0.3) is 0 Å². The molecule has 1 aliphatic carbocycles. The molecule has 0 amide bonds. The molecule has 0 saturated carbocycles. The second kappa shape index (κ2) is 3.66. The average molecular weight is 225 g/mol. The zero-order chi connectivity index (χ0) is 7.94. The molecule has 60 valence electrons. The van der Waals surface area contributed by atoms with Gasteiger partial charge in [0.15, 0.2) is 4.33 Å². The summed E-state index contributed by atoms with van der Waals surface area (Å²) in [5, 5.41) is 0. The molecule has 0 saturated heterocycles. The van der Waals surface area contributed by atoms with Gasteiger partial charge < -0.3 is 0 Å². The minimum Gasteiger partial charge on any atom is -0.0916 e. The summed E-state index contributed by atoms with van der Waals surface area (Å²) in [6, 6.07) is 0. The standard InChI is InChI=1S/C8H10Cl2.Ti/c1-5-4-6(2)8(9,10)7(5)3;/h4H,1-3H3;. The first-order chi connectivity index (χ1) is 4.46. The molecule has 3 heteroatoms. The topological polar surface area (TPSA) is 0 Å². The van der Waals surface area contributed by atoms with E-state index < -0.39 is 4.33 Å². The normalized spacial score (nSPS) is 21.4. The molecule has 0 N–H and O–H groups in total. The van der Waals surface area contributed by atoms with Crippen LogP contribution in [0.2, 0.25) is 0 Å². The molecule has 1 aliphatic rings. The van der Waals surface area contributed by atoms with Gasteiger partial charge in [-0.15, -0.1) is 0 Å². The van der Waals surface area contributed by atoms with E-state index in [2.05, 4.69) is 0 Å². The van der Waals surface area contributed by atoms with Crippen molar-refractivity contribution in [3.05, 3.63) is 22.8 Å². The van der Waals surface area contributed by atoms with Crippen LogP contribution < -0.4 is 0 Å². The van der Waals surface area contributed by atoms with Crippen LogP contribution in [0.15, 0.2) is 22.8 Å². The number of hydrogen-bond acceptors (Lipinski definition) is 0. The Balaban J connectivity index is 0.000001000. The Kier molecular flexibility index (Phi) is 3.92. The van der Waals surface area contributed by atoms with Crippen molar-refractivity contribution in [2.24, 2.45) is 0 Å². The van der Waals surface area contributed by atoms with Crippen LogP contribution in [0.5, 0.6) is 0 Å². The van der Waals surface area contributed by atoms with Crippen LogP contribution in [-0.2, 0) is 21.7 Å². The summed E-state index contributed by atoms with van der Waals surface area (Å²) >= 11 is 12.0. The summed E-state index contributed by atoms with van der Waals surface area (Å²) in [5.41, 5.74) is 3.25. The van der Waals surface area contributed by atoms with Gasteiger partial charge in [0, 0.05) is 21.7 Å². The number of allylic oxidation sites excluding steroid dienone is 4. The zero-order valence-electron chi connectivity index (χ0n) is 6.83. The second-order valence-corrected chi connectivity index (χ2v) is 4.04. The Hall–Kier alpha value is 0.774. The van der Waals surface area contributed by atoms with E-state index in [1.807, 2.05) is 26.8 Å². The van der Waals surface area contributed by atoms with Crippen molar-refractivity contribution in [3.8, 4) is 0 Å². The minimum atomic E-state index is -0.732. The maximum absolute atomic E-state index is 6.00. The predicted molar refractivity (Wildman–Crippen MR) is 46.6 cm³/mol. The summed E-state index contributed by atoms with van der Waals surface area (Å²) in [7, 11) is 0. The summed E-state index contributed by atoms with van der Waals surface area (Å²) < 4.78 is -0.732. The van der Waals surface area contributed by atoms with Crippen LogP contribution in [0.1, 0.15) is 20.8 Å². The van der Waals surface area contributed by atoms with Crippen molar-refractivity contribution < 1.29 is 21.7 Å². The van der Waals surface area contributed by atoms with E-state index in [4.69, 9.17) is 23.2 Å². The molecule has 0 radical (unpaired) electrons. The van der Waals surface area contributed by atoms with Crippen molar-refractivity contribution in [2.75, 3.05) is 0 Å². The quantitative estimate of drug-likeness (QED) is 0.437. The fraction of sp³-hybridized carbons (Fsp3) is 0.500. The predicted octanol–water partition coefficient (Wildman–Crippen LogP) is 3.45. The summed E-state index contributed by atoms with van der Waals surface area (Å²) in [6.45, 7) is 5.92. The molecular formula is C8H10Cl2Ti. The molecular weight excluding hydrogens is 215 g/mol. The fourth-order valence-corrected chi connectivity index (χ4v) is 1.47. The largest absolute Gasteiger partial charge is 0.160 e. The third kappa shape index (κ3) is 1.92. The van der Waals surface area contributed by atoms with E-state index >= 15 is 0 Å². The summed E-state index contributed by atoms with van der Waals surface area (Å²) in [5.74, 6) is 0. The molecule has 0 unspecified atom stereocenters. The Morgan fingerprint density at radius 3 is 1.73 bits per heavy atom.